The lowest BCUT2D eigenvalue weighted by Crippen LogP contribution is -2.48. The number of amides is 1. The lowest BCUT2D eigenvalue weighted by atomic mass is 10.1. The van der Waals surface area contributed by atoms with Crippen molar-refractivity contribution in [2.45, 2.75) is 18.7 Å². The second-order valence-electron chi connectivity index (χ2n) is 9.00. The van der Waals surface area contributed by atoms with Crippen molar-refractivity contribution in [3.63, 3.8) is 0 Å². The summed E-state index contributed by atoms with van der Waals surface area (Å²) in [4.78, 5) is 22.4. The van der Waals surface area contributed by atoms with Gasteiger partial charge in [-0.2, -0.15) is 0 Å². The molecule has 37 heavy (non-hydrogen) atoms. The number of aryl methyl sites for hydroxylation is 2. The number of aromatic nitrogens is 1. The van der Waals surface area contributed by atoms with E-state index >= 15 is 0 Å². The molecule has 0 spiro atoms. The number of para-hydroxylation sites is 1. The van der Waals surface area contributed by atoms with Crippen molar-refractivity contribution in [3.05, 3.63) is 77.4 Å². The first-order chi connectivity index (χ1) is 17.8. The molecule has 10 heteroatoms. The maximum Gasteiger partial charge on any atom is 0.261 e. The van der Waals surface area contributed by atoms with Crippen molar-refractivity contribution in [3.8, 4) is 5.75 Å². The molecule has 3 aromatic carbocycles. The van der Waals surface area contributed by atoms with Crippen LogP contribution in [0.5, 0.6) is 5.75 Å². The smallest absolute Gasteiger partial charge is 0.261 e. The standard InChI is InChI=1S/C27H28N4O4S2/c1-18-8-11-20(12-9-18)37(33,34)29-22-7-5-4-6-21(22)26(32)30-14-16-31(17-15-30)27-28-24-23(35-3)13-10-19(2)25(24)36-27/h4-13,29H,14-17H2,1-3H3. The van der Waals surface area contributed by atoms with Crippen molar-refractivity contribution in [1.82, 2.24) is 9.88 Å². The fraction of sp³-hybridized carbons (Fsp3) is 0.259. The molecule has 1 fully saturated rings. The SMILES string of the molecule is COc1ccc(C)c2sc(N3CCN(C(=O)c4ccccc4NS(=O)(=O)c4ccc(C)cc4)CC3)nc12. The third-order valence-electron chi connectivity index (χ3n) is 6.48. The Balaban J connectivity index is 1.31. The fourth-order valence-electron chi connectivity index (χ4n) is 4.35. The van der Waals surface area contributed by atoms with Crippen LogP contribution in [0.2, 0.25) is 0 Å². The zero-order valence-electron chi connectivity index (χ0n) is 20.9. The molecule has 1 amide bonds. The van der Waals surface area contributed by atoms with E-state index in [1.807, 2.05) is 19.1 Å². The number of ether oxygens (including phenoxy) is 1. The van der Waals surface area contributed by atoms with Gasteiger partial charge in [0.15, 0.2) is 5.13 Å². The number of benzene rings is 3. The minimum absolute atomic E-state index is 0.150. The molecule has 4 aromatic rings. The first-order valence-corrected chi connectivity index (χ1v) is 14.2. The van der Waals surface area contributed by atoms with Crippen molar-refractivity contribution in [2.75, 3.05) is 42.9 Å². The summed E-state index contributed by atoms with van der Waals surface area (Å²) in [7, 11) is -2.18. The van der Waals surface area contributed by atoms with E-state index in [0.717, 1.165) is 32.2 Å². The molecule has 8 nitrogen and oxygen atoms in total. The summed E-state index contributed by atoms with van der Waals surface area (Å²) in [6, 6.07) is 17.3. The maximum absolute atomic E-state index is 13.4. The summed E-state index contributed by atoms with van der Waals surface area (Å²) < 4.78 is 35.1. The first-order valence-electron chi connectivity index (χ1n) is 11.9. The van der Waals surface area contributed by atoms with Gasteiger partial charge in [0.05, 0.1) is 28.0 Å². The van der Waals surface area contributed by atoms with E-state index in [0.29, 0.717) is 31.7 Å². The van der Waals surface area contributed by atoms with E-state index in [4.69, 9.17) is 9.72 Å². The molecule has 5 rings (SSSR count). The highest BCUT2D eigenvalue weighted by molar-refractivity contribution is 7.92. The third-order valence-corrected chi connectivity index (χ3v) is 9.12. The highest BCUT2D eigenvalue weighted by atomic mass is 32.2. The van der Waals surface area contributed by atoms with Gasteiger partial charge < -0.3 is 14.5 Å². The molecule has 192 valence electrons. The molecular weight excluding hydrogens is 508 g/mol. The molecule has 0 radical (unpaired) electrons. The Morgan fingerprint density at radius 2 is 1.68 bits per heavy atom. The first kappa shape index (κ1) is 25.0. The number of fused-ring (bicyclic) bond motifs is 1. The van der Waals surface area contributed by atoms with Gasteiger partial charge in [0.25, 0.3) is 15.9 Å². The van der Waals surface area contributed by atoms with Crippen LogP contribution in [0.4, 0.5) is 10.8 Å². The average Bonchev–Trinajstić information content (AvgIpc) is 3.36. The van der Waals surface area contributed by atoms with Crippen LogP contribution in [-0.2, 0) is 10.0 Å². The second-order valence-corrected chi connectivity index (χ2v) is 11.7. The number of nitrogens with one attached hydrogen (secondary N) is 1. The number of carbonyl (C=O) groups is 1. The molecule has 0 saturated carbocycles. The predicted octanol–water partition coefficient (Wildman–Crippen LogP) is 4.68. The van der Waals surface area contributed by atoms with Crippen LogP contribution >= 0.6 is 11.3 Å². The van der Waals surface area contributed by atoms with Crippen LogP contribution in [0.3, 0.4) is 0 Å². The van der Waals surface area contributed by atoms with Gasteiger partial charge in [-0.25, -0.2) is 13.4 Å². The Morgan fingerprint density at radius 1 is 0.973 bits per heavy atom. The fourth-order valence-corrected chi connectivity index (χ4v) is 6.53. The normalized spacial score (nSPS) is 14.1. The highest BCUT2D eigenvalue weighted by Crippen LogP contribution is 2.36. The van der Waals surface area contributed by atoms with Gasteiger partial charge in [-0.05, 0) is 49.7 Å². The summed E-state index contributed by atoms with van der Waals surface area (Å²) in [6.45, 7) is 6.22. The molecule has 1 N–H and O–H groups in total. The second kappa shape index (κ2) is 10.0. The Kier molecular flexibility index (Phi) is 6.78. The molecule has 1 aliphatic heterocycles. The zero-order chi connectivity index (χ0) is 26.2. The van der Waals surface area contributed by atoms with Crippen LogP contribution in [0.25, 0.3) is 10.2 Å². The molecule has 0 bridgehead atoms. The number of sulfonamides is 1. The summed E-state index contributed by atoms with van der Waals surface area (Å²) >= 11 is 1.63. The van der Waals surface area contributed by atoms with Gasteiger partial charge >= 0.3 is 0 Å². The van der Waals surface area contributed by atoms with Gasteiger partial charge in [-0.3, -0.25) is 9.52 Å². The Morgan fingerprint density at radius 3 is 2.38 bits per heavy atom. The maximum atomic E-state index is 13.4. The van der Waals surface area contributed by atoms with Gasteiger partial charge in [0.2, 0.25) is 0 Å². The topological polar surface area (TPSA) is 91.8 Å². The van der Waals surface area contributed by atoms with E-state index in [1.165, 1.54) is 0 Å². The number of rotatable bonds is 6. The van der Waals surface area contributed by atoms with Crippen molar-refractivity contribution in [1.29, 1.82) is 0 Å². The molecule has 1 saturated heterocycles. The number of methoxy groups -OCH3 is 1. The van der Waals surface area contributed by atoms with E-state index in [1.54, 1.807) is 71.9 Å². The summed E-state index contributed by atoms with van der Waals surface area (Å²) in [6.07, 6.45) is 0. The Hall–Kier alpha value is -3.63. The molecule has 2 heterocycles. The minimum Gasteiger partial charge on any atom is -0.494 e. The number of piperazine rings is 1. The molecular formula is C27H28N4O4S2. The lowest BCUT2D eigenvalue weighted by molar-refractivity contribution is 0.0748. The molecule has 1 aromatic heterocycles. The van der Waals surface area contributed by atoms with Crippen LogP contribution in [0, 0.1) is 13.8 Å². The lowest BCUT2D eigenvalue weighted by Gasteiger charge is -2.34. The monoisotopic (exact) mass is 536 g/mol. The average molecular weight is 537 g/mol. The molecule has 0 aliphatic carbocycles. The Bertz CT molecular complexity index is 1560. The number of carbonyl (C=O) groups excluding carboxylic acids is 1. The van der Waals surface area contributed by atoms with Gasteiger partial charge in [0, 0.05) is 26.2 Å². The molecule has 1 aliphatic rings. The Labute approximate surface area is 220 Å². The number of hydrogen-bond donors (Lipinski definition) is 1. The van der Waals surface area contributed by atoms with Gasteiger partial charge in [-0.1, -0.05) is 47.2 Å². The third kappa shape index (κ3) is 4.99. The predicted molar refractivity (Wildman–Crippen MR) is 147 cm³/mol. The van der Waals surface area contributed by atoms with Crippen molar-refractivity contribution in [2.24, 2.45) is 0 Å². The van der Waals surface area contributed by atoms with Crippen LogP contribution < -0.4 is 14.4 Å². The largest absolute Gasteiger partial charge is 0.494 e. The minimum atomic E-state index is -3.83. The quantitative estimate of drug-likeness (QED) is 0.385. The van der Waals surface area contributed by atoms with Crippen LogP contribution in [0.1, 0.15) is 21.5 Å². The zero-order valence-corrected chi connectivity index (χ0v) is 22.5. The van der Waals surface area contributed by atoms with Crippen LogP contribution in [0.15, 0.2) is 65.6 Å². The number of thiazole rings is 1. The van der Waals surface area contributed by atoms with E-state index in [2.05, 4.69) is 16.5 Å². The highest BCUT2D eigenvalue weighted by Gasteiger charge is 2.27. The summed E-state index contributed by atoms with van der Waals surface area (Å²) in [5.41, 5.74) is 3.57. The van der Waals surface area contributed by atoms with Crippen molar-refractivity contribution >= 4 is 48.3 Å². The van der Waals surface area contributed by atoms with E-state index in [-0.39, 0.29) is 16.5 Å². The van der Waals surface area contributed by atoms with E-state index in [9.17, 15) is 13.2 Å². The molecule has 0 unspecified atom stereocenters. The summed E-state index contributed by atoms with van der Waals surface area (Å²) in [5.74, 6) is 0.547. The number of anilines is 2. The van der Waals surface area contributed by atoms with Gasteiger partial charge in [0.1, 0.15) is 11.3 Å². The number of nitrogens with zero attached hydrogens (tertiary/aromatic N) is 3. The molecule has 0 atom stereocenters. The van der Waals surface area contributed by atoms with Crippen LogP contribution in [-0.4, -0.2) is 57.5 Å². The summed E-state index contributed by atoms with van der Waals surface area (Å²) in [5, 5.41) is 0.904. The number of hydrogen-bond acceptors (Lipinski definition) is 7. The van der Waals surface area contributed by atoms with E-state index < -0.39 is 10.0 Å². The van der Waals surface area contributed by atoms with Gasteiger partial charge in [-0.15, -0.1) is 0 Å². The van der Waals surface area contributed by atoms with Crippen molar-refractivity contribution < 1.29 is 17.9 Å².